The molecule has 2 rings (SSSR count). The maximum atomic E-state index is 10.8. The normalized spacial score (nSPS) is 23.7. The summed E-state index contributed by atoms with van der Waals surface area (Å²) in [5, 5.41) is 10.8. The lowest BCUT2D eigenvalue weighted by Crippen LogP contribution is -2.47. The Morgan fingerprint density at radius 2 is 2.35 bits per heavy atom. The van der Waals surface area contributed by atoms with E-state index in [0.29, 0.717) is 13.1 Å². The van der Waals surface area contributed by atoms with Crippen LogP contribution in [0.15, 0.2) is 24.3 Å². The minimum absolute atomic E-state index is 0.138. The third-order valence-electron chi connectivity index (χ3n) is 3.90. The number of hydrogen-bond acceptors (Lipinski definition) is 5. The Balaban J connectivity index is 2.05. The van der Waals surface area contributed by atoms with Gasteiger partial charge in [0.1, 0.15) is 0 Å². The number of likely N-dealkylation sites (tertiary alicyclic amines) is 1. The second-order valence-electron chi connectivity index (χ2n) is 5.17. The summed E-state index contributed by atoms with van der Waals surface area (Å²) >= 11 is 0. The van der Waals surface area contributed by atoms with E-state index in [9.17, 15) is 10.1 Å². The predicted octanol–water partition coefficient (Wildman–Crippen LogP) is 1.53. The third kappa shape index (κ3) is 3.53. The summed E-state index contributed by atoms with van der Waals surface area (Å²) < 4.78 is 5.40. The first-order valence-corrected chi connectivity index (χ1v) is 6.84. The molecule has 6 nitrogen and oxygen atoms in total. The highest BCUT2D eigenvalue weighted by Gasteiger charge is 2.27. The van der Waals surface area contributed by atoms with Crippen molar-refractivity contribution in [3.05, 3.63) is 39.9 Å². The fraction of sp³-hybridized carbons (Fsp3) is 0.571. The molecule has 0 radical (unpaired) electrons. The topological polar surface area (TPSA) is 81.6 Å². The number of piperidine rings is 1. The van der Waals surface area contributed by atoms with Gasteiger partial charge >= 0.3 is 0 Å². The molecule has 1 aliphatic rings. The standard InChI is InChI=1S/C14H21N3O3/c1-20-14-5-6-16(13(8-14)9-15)10-11-3-2-4-12(7-11)17(18)19/h2-4,7,13-14H,5-6,8-10,15H2,1H3. The minimum Gasteiger partial charge on any atom is -0.381 e. The molecule has 6 heteroatoms. The van der Waals surface area contributed by atoms with Crippen LogP contribution in [-0.4, -0.2) is 42.2 Å². The molecular formula is C14H21N3O3. The van der Waals surface area contributed by atoms with Gasteiger partial charge in [-0.2, -0.15) is 0 Å². The van der Waals surface area contributed by atoms with Crippen LogP contribution in [0.5, 0.6) is 0 Å². The number of nitrogens with two attached hydrogens (primary N) is 1. The highest BCUT2D eigenvalue weighted by Crippen LogP contribution is 2.22. The van der Waals surface area contributed by atoms with Crippen LogP contribution < -0.4 is 5.73 Å². The maximum absolute atomic E-state index is 10.8. The molecule has 2 unspecified atom stereocenters. The van der Waals surface area contributed by atoms with E-state index in [1.807, 2.05) is 6.07 Å². The van der Waals surface area contributed by atoms with Gasteiger partial charge in [0.15, 0.2) is 0 Å². The third-order valence-corrected chi connectivity index (χ3v) is 3.90. The zero-order valence-corrected chi connectivity index (χ0v) is 11.7. The number of rotatable bonds is 5. The Kier molecular flexibility index (Phi) is 5.05. The zero-order chi connectivity index (χ0) is 14.5. The maximum Gasteiger partial charge on any atom is 0.269 e. The molecule has 110 valence electrons. The number of hydrogen-bond donors (Lipinski definition) is 1. The van der Waals surface area contributed by atoms with Gasteiger partial charge in [0.2, 0.25) is 0 Å². The second-order valence-corrected chi connectivity index (χ2v) is 5.17. The number of methoxy groups -OCH3 is 1. The van der Waals surface area contributed by atoms with Gasteiger partial charge in [-0.05, 0) is 18.4 Å². The lowest BCUT2D eigenvalue weighted by molar-refractivity contribution is -0.384. The Hall–Kier alpha value is -1.50. The number of ether oxygens (including phenoxy) is 1. The molecule has 0 spiro atoms. The Labute approximate surface area is 118 Å². The number of benzene rings is 1. The van der Waals surface area contributed by atoms with Gasteiger partial charge in [-0.25, -0.2) is 0 Å². The molecule has 1 saturated heterocycles. The van der Waals surface area contributed by atoms with Gasteiger partial charge in [0.05, 0.1) is 11.0 Å². The lowest BCUT2D eigenvalue weighted by atomic mass is 9.98. The summed E-state index contributed by atoms with van der Waals surface area (Å²) in [5.74, 6) is 0. The van der Waals surface area contributed by atoms with Crippen molar-refractivity contribution in [2.75, 3.05) is 20.2 Å². The zero-order valence-electron chi connectivity index (χ0n) is 11.7. The SMILES string of the molecule is COC1CCN(Cc2cccc([N+](=O)[O-])c2)C(CN)C1. The number of nitrogens with zero attached hydrogens (tertiary/aromatic N) is 2. The summed E-state index contributed by atoms with van der Waals surface area (Å²) in [6.07, 6.45) is 2.16. The Morgan fingerprint density at radius 1 is 1.55 bits per heavy atom. The minimum atomic E-state index is -0.360. The van der Waals surface area contributed by atoms with Crippen molar-refractivity contribution in [1.29, 1.82) is 0 Å². The van der Waals surface area contributed by atoms with Crippen LogP contribution in [0.1, 0.15) is 18.4 Å². The van der Waals surface area contributed by atoms with Gasteiger partial charge < -0.3 is 10.5 Å². The van der Waals surface area contributed by atoms with Gasteiger partial charge in [0, 0.05) is 44.9 Å². The van der Waals surface area contributed by atoms with Crippen LogP contribution >= 0.6 is 0 Å². The fourth-order valence-corrected chi connectivity index (χ4v) is 2.73. The van der Waals surface area contributed by atoms with E-state index in [1.165, 1.54) is 6.07 Å². The van der Waals surface area contributed by atoms with Crippen molar-refractivity contribution in [2.24, 2.45) is 5.73 Å². The van der Waals surface area contributed by atoms with E-state index in [0.717, 1.165) is 24.9 Å². The summed E-state index contributed by atoms with van der Waals surface area (Å²) in [5.41, 5.74) is 6.93. The molecule has 1 aromatic rings. The van der Waals surface area contributed by atoms with Crippen LogP contribution in [0.25, 0.3) is 0 Å². The highest BCUT2D eigenvalue weighted by atomic mass is 16.6. The van der Waals surface area contributed by atoms with E-state index >= 15 is 0 Å². The number of non-ortho nitro benzene ring substituents is 1. The lowest BCUT2D eigenvalue weighted by Gasteiger charge is -2.38. The van der Waals surface area contributed by atoms with Gasteiger partial charge in [-0.1, -0.05) is 12.1 Å². The number of nitro benzene ring substituents is 1. The second kappa shape index (κ2) is 6.78. The Morgan fingerprint density at radius 3 is 3.00 bits per heavy atom. The molecule has 0 aliphatic carbocycles. The van der Waals surface area contributed by atoms with E-state index in [4.69, 9.17) is 10.5 Å². The highest BCUT2D eigenvalue weighted by molar-refractivity contribution is 5.34. The Bertz CT molecular complexity index is 467. The monoisotopic (exact) mass is 279 g/mol. The van der Waals surface area contributed by atoms with Crippen molar-refractivity contribution in [1.82, 2.24) is 4.90 Å². The van der Waals surface area contributed by atoms with Gasteiger partial charge in [-0.3, -0.25) is 15.0 Å². The quantitative estimate of drug-likeness (QED) is 0.653. The first kappa shape index (κ1) is 14.9. The van der Waals surface area contributed by atoms with E-state index in [1.54, 1.807) is 19.2 Å². The molecule has 0 bridgehead atoms. The van der Waals surface area contributed by atoms with Gasteiger partial charge in [-0.15, -0.1) is 0 Å². The van der Waals surface area contributed by atoms with Crippen LogP contribution in [0, 0.1) is 10.1 Å². The average molecular weight is 279 g/mol. The fourth-order valence-electron chi connectivity index (χ4n) is 2.73. The van der Waals surface area contributed by atoms with Crippen molar-refractivity contribution in [3.8, 4) is 0 Å². The molecule has 1 fully saturated rings. The van der Waals surface area contributed by atoms with Crippen molar-refractivity contribution in [2.45, 2.75) is 31.5 Å². The first-order chi connectivity index (χ1) is 9.63. The molecule has 1 aliphatic heterocycles. The van der Waals surface area contributed by atoms with E-state index in [2.05, 4.69) is 4.90 Å². The smallest absolute Gasteiger partial charge is 0.269 e. The predicted molar refractivity (Wildman–Crippen MR) is 76.4 cm³/mol. The average Bonchev–Trinajstić information content (AvgIpc) is 2.48. The molecule has 0 saturated carbocycles. The molecule has 0 aromatic heterocycles. The summed E-state index contributed by atoms with van der Waals surface area (Å²) in [7, 11) is 1.73. The number of nitro groups is 1. The molecule has 2 atom stereocenters. The summed E-state index contributed by atoms with van der Waals surface area (Å²) in [6.45, 7) is 2.18. The van der Waals surface area contributed by atoms with Crippen LogP contribution in [0.4, 0.5) is 5.69 Å². The largest absolute Gasteiger partial charge is 0.381 e. The summed E-state index contributed by atoms with van der Waals surface area (Å²) in [4.78, 5) is 12.7. The molecule has 2 N–H and O–H groups in total. The molecule has 1 heterocycles. The molecule has 20 heavy (non-hydrogen) atoms. The summed E-state index contributed by atoms with van der Waals surface area (Å²) in [6, 6.07) is 7.07. The molecular weight excluding hydrogens is 258 g/mol. The van der Waals surface area contributed by atoms with Crippen LogP contribution in [-0.2, 0) is 11.3 Å². The van der Waals surface area contributed by atoms with Crippen molar-refractivity contribution in [3.63, 3.8) is 0 Å². The van der Waals surface area contributed by atoms with E-state index in [-0.39, 0.29) is 22.8 Å². The van der Waals surface area contributed by atoms with Gasteiger partial charge in [0.25, 0.3) is 5.69 Å². The van der Waals surface area contributed by atoms with Crippen molar-refractivity contribution < 1.29 is 9.66 Å². The van der Waals surface area contributed by atoms with Crippen LogP contribution in [0.3, 0.4) is 0 Å². The van der Waals surface area contributed by atoms with Crippen molar-refractivity contribution >= 4 is 5.69 Å². The first-order valence-electron chi connectivity index (χ1n) is 6.84. The molecule has 1 aromatic carbocycles. The van der Waals surface area contributed by atoms with E-state index < -0.39 is 0 Å². The molecule has 0 amide bonds. The van der Waals surface area contributed by atoms with Crippen LogP contribution in [0.2, 0.25) is 0 Å².